The SMILES string of the molecule is Cc1cc(N2CCN(CC3CCN(c4ccc(Nc5ncc6c(n5)CNCC6)cc4)CC3)CC2)ccc1N1CCC(=O)NC1=O. The van der Waals surface area contributed by atoms with Crippen molar-refractivity contribution in [3.63, 3.8) is 0 Å². The molecule has 3 aromatic rings. The average Bonchev–Trinajstić information content (AvgIpc) is 3.06. The van der Waals surface area contributed by atoms with Crippen molar-refractivity contribution in [2.24, 2.45) is 5.92 Å². The molecule has 0 spiro atoms. The standard InChI is InChI=1S/C34H43N9O2/c1-24-20-29(6-7-31(24)43-15-11-32(44)39-34(43)45)42-18-16-40(17-19-42)23-25-9-13-41(14-10-25)28-4-2-27(3-5-28)37-33-36-21-26-8-12-35-22-30(26)38-33/h2-7,20-21,25,35H,8-19,22-23H2,1H3,(H,36,37,38)(H,39,44,45). The fourth-order valence-corrected chi connectivity index (χ4v) is 7.04. The zero-order chi connectivity index (χ0) is 30.8. The predicted octanol–water partition coefficient (Wildman–Crippen LogP) is 3.66. The number of benzene rings is 2. The molecule has 3 amide bonds. The summed E-state index contributed by atoms with van der Waals surface area (Å²) in [6.45, 7) is 11.8. The smallest absolute Gasteiger partial charge is 0.328 e. The molecule has 2 aromatic carbocycles. The van der Waals surface area contributed by atoms with Crippen molar-refractivity contribution in [1.29, 1.82) is 0 Å². The summed E-state index contributed by atoms with van der Waals surface area (Å²) in [7, 11) is 0. The second kappa shape index (κ2) is 13.0. The normalized spacial score (nSPS) is 19.8. The maximum absolute atomic E-state index is 12.3. The van der Waals surface area contributed by atoms with Gasteiger partial charge in [-0.05, 0) is 92.2 Å². The number of carbonyl (C=O) groups is 2. The lowest BCUT2D eigenvalue weighted by Crippen LogP contribution is -2.50. The van der Waals surface area contributed by atoms with Gasteiger partial charge in [-0.2, -0.15) is 0 Å². The van der Waals surface area contributed by atoms with Crippen molar-refractivity contribution >= 4 is 40.6 Å². The third-order valence-corrected chi connectivity index (χ3v) is 9.70. The Morgan fingerprint density at radius 2 is 1.64 bits per heavy atom. The van der Waals surface area contributed by atoms with E-state index in [4.69, 9.17) is 4.98 Å². The Labute approximate surface area is 265 Å². The van der Waals surface area contributed by atoms with Crippen LogP contribution in [-0.4, -0.2) is 85.7 Å². The topological polar surface area (TPSA) is 109 Å². The van der Waals surface area contributed by atoms with Gasteiger partial charge in [0.1, 0.15) is 0 Å². The summed E-state index contributed by atoms with van der Waals surface area (Å²) in [6, 6.07) is 14.6. The zero-order valence-electron chi connectivity index (χ0n) is 26.1. The number of amides is 3. The summed E-state index contributed by atoms with van der Waals surface area (Å²) in [5.41, 5.74) is 7.74. The summed E-state index contributed by atoms with van der Waals surface area (Å²) in [5, 5.41) is 9.17. The first-order valence-corrected chi connectivity index (χ1v) is 16.4. The van der Waals surface area contributed by atoms with Crippen molar-refractivity contribution in [1.82, 2.24) is 25.5 Å². The molecule has 0 bridgehead atoms. The highest BCUT2D eigenvalue weighted by Gasteiger charge is 2.27. The number of nitrogens with one attached hydrogen (secondary N) is 3. The lowest BCUT2D eigenvalue weighted by Gasteiger charge is -2.40. The molecule has 0 atom stereocenters. The lowest BCUT2D eigenvalue weighted by atomic mass is 9.95. The number of nitrogens with zero attached hydrogens (tertiary/aromatic N) is 6. The molecule has 11 nitrogen and oxygen atoms in total. The summed E-state index contributed by atoms with van der Waals surface area (Å²) < 4.78 is 0. The van der Waals surface area contributed by atoms with Crippen molar-refractivity contribution in [2.75, 3.05) is 78.9 Å². The fourth-order valence-electron chi connectivity index (χ4n) is 7.04. The number of aromatic nitrogens is 2. The number of fused-ring (bicyclic) bond motifs is 1. The van der Waals surface area contributed by atoms with Gasteiger partial charge in [0, 0.05) is 94.3 Å². The first-order valence-electron chi connectivity index (χ1n) is 16.4. The molecule has 3 saturated heterocycles. The quantitative estimate of drug-likeness (QED) is 0.370. The van der Waals surface area contributed by atoms with E-state index in [9.17, 15) is 9.59 Å². The van der Waals surface area contributed by atoms with Gasteiger partial charge in [0.05, 0.1) is 5.69 Å². The third-order valence-electron chi connectivity index (χ3n) is 9.70. The summed E-state index contributed by atoms with van der Waals surface area (Å²) in [6.07, 6.45) is 5.71. The Balaban J connectivity index is 0.857. The van der Waals surface area contributed by atoms with Crippen LogP contribution in [0.15, 0.2) is 48.7 Å². The zero-order valence-corrected chi connectivity index (χ0v) is 26.1. The first-order chi connectivity index (χ1) is 22.0. The second-order valence-electron chi connectivity index (χ2n) is 12.7. The van der Waals surface area contributed by atoms with Gasteiger partial charge in [0.15, 0.2) is 0 Å². The molecule has 3 N–H and O–H groups in total. The molecule has 0 radical (unpaired) electrons. The van der Waals surface area contributed by atoms with Crippen molar-refractivity contribution in [3.05, 3.63) is 65.5 Å². The number of hydrogen-bond donors (Lipinski definition) is 3. The van der Waals surface area contributed by atoms with Crippen LogP contribution in [0.4, 0.5) is 33.5 Å². The summed E-state index contributed by atoms with van der Waals surface area (Å²) >= 11 is 0. The van der Waals surface area contributed by atoms with Crippen LogP contribution in [0.1, 0.15) is 36.1 Å². The predicted molar refractivity (Wildman–Crippen MR) is 177 cm³/mol. The van der Waals surface area contributed by atoms with Crippen LogP contribution in [0.25, 0.3) is 0 Å². The van der Waals surface area contributed by atoms with Gasteiger partial charge in [0.2, 0.25) is 11.9 Å². The second-order valence-corrected chi connectivity index (χ2v) is 12.7. The number of urea groups is 1. The molecule has 0 aliphatic carbocycles. The van der Waals surface area contributed by atoms with Crippen LogP contribution in [-0.2, 0) is 17.8 Å². The van der Waals surface area contributed by atoms with Crippen LogP contribution < -0.4 is 30.7 Å². The Morgan fingerprint density at radius 3 is 2.40 bits per heavy atom. The molecular formula is C34H43N9O2. The Hall–Kier alpha value is -4.22. The Morgan fingerprint density at radius 1 is 0.889 bits per heavy atom. The third kappa shape index (κ3) is 6.74. The Kier molecular flexibility index (Phi) is 8.53. The van der Waals surface area contributed by atoms with Crippen molar-refractivity contribution in [2.45, 2.75) is 39.2 Å². The number of rotatable bonds is 7. The summed E-state index contributed by atoms with van der Waals surface area (Å²) in [5.74, 6) is 1.18. The van der Waals surface area contributed by atoms with E-state index in [1.165, 1.54) is 36.3 Å². The lowest BCUT2D eigenvalue weighted by molar-refractivity contribution is -0.120. The molecule has 11 heteroatoms. The molecule has 236 valence electrons. The van der Waals surface area contributed by atoms with Gasteiger partial charge >= 0.3 is 6.03 Å². The van der Waals surface area contributed by atoms with Gasteiger partial charge < -0.3 is 20.4 Å². The molecular weight excluding hydrogens is 566 g/mol. The van der Waals surface area contributed by atoms with Gasteiger partial charge in [-0.25, -0.2) is 14.8 Å². The molecule has 1 aromatic heterocycles. The molecule has 5 heterocycles. The number of carbonyl (C=O) groups excluding carboxylic acids is 2. The van der Waals surface area contributed by atoms with Crippen molar-refractivity contribution < 1.29 is 9.59 Å². The highest BCUT2D eigenvalue weighted by atomic mass is 16.2. The number of hydrogen-bond acceptors (Lipinski definition) is 9. The number of imide groups is 1. The van der Waals surface area contributed by atoms with Gasteiger partial charge in [-0.3, -0.25) is 19.9 Å². The monoisotopic (exact) mass is 609 g/mol. The molecule has 0 saturated carbocycles. The molecule has 4 aliphatic rings. The van der Waals surface area contributed by atoms with Crippen LogP contribution in [0.5, 0.6) is 0 Å². The van der Waals surface area contributed by atoms with E-state index in [0.717, 1.165) is 87.3 Å². The average molecular weight is 610 g/mol. The van der Waals surface area contributed by atoms with E-state index in [1.54, 1.807) is 4.90 Å². The number of anilines is 5. The maximum atomic E-state index is 12.3. The van der Waals surface area contributed by atoms with Gasteiger partial charge in [-0.1, -0.05) is 0 Å². The molecule has 3 fully saturated rings. The molecule has 4 aliphatic heterocycles. The van der Waals surface area contributed by atoms with E-state index in [2.05, 4.69) is 72.0 Å². The number of aryl methyl sites for hydroxylation is 1. The molecule has 7 rings (SSSR count). The largest absolute Gasteiger partial charge is 0.372 e. The molecule has 45 heavy (non-hydrogen) atoms. The fraction of sp³-hybridized carbons (Fsp3) is 0.471. The highest BCUT2D eigenvalue weighted by molar-refractivity contribution is 6.06. The van der Waals surface area contributed by atoms with Gasteiger partial charge in [-0.15, -0.1) is 0 Å². The molecule has 0 unspecified atom stereocenters. The number of piperidine rings is 1. The number of piperazine rings is 1. The van der Waals surface area contributed by atoms with Crippen molar-refractivity contribution in [3.8, 4) is 0 Å². The maximum Gasteiger partial charge on any atom is 0.328 e. The summed E-state index contributed by atoms with van der Waals surface area (Å²) in [4.78, 5) is 42.3. The van der Waals surface area contributed by atoms with E-state index in [0.29, 0.717) is 18.9 Å². The Bertz CT molecular complexity index is 1530. The minimum absolute atomic E-state index is 0.206. The highest BCUT2D eigenvalue weighted by Crippen LogP contribution is 2.29. The van der Waals surface area contributed by atoms with E-state index in [1.807, 2.05) is 19.2 Å². The van der Waals surface area contributed by atoms with E-state index in [-0.39, 0.29) is 11.9 Å². The van der Waals surface area contributed by atoms with Gasteiger partial charge in [0.25, 0.3) is 0 Å². The van der Waals surface area contributed by atoms with Crippen LogP contribution >= 0.6 is 0 Å². The first kappa shape index (κ1) is 29.5. The van der Waals surface area contributed by atoms with Crippen LogP contribution in [0.2, 0.25) is 0 Å². The minimum Gasteiger partial charge on any atom is -0.372 e. The van der Waals surface area contributed by atoms with Crippen LogP contribution in [0.3, 0.4) is 0 Å². The minimum atomic E-state index is -0.332. The van der Waals surface area contributed by atoms with E-state index >= 15 is 0 Å². The van der Waals surface area contributed by atoms with Crippen LogP contribution in [0, 0.1) is 12.8 Å². The van der Waals surface area contributed by atoms with E-state index < -0.39 is 0 Å².